The zero-order valence-corrected chi connectivity index (χ0v) is 12.1. The predicted molar refractivity (Wildman–Crippen MR) is 81.5 cm³/mol. The van der Waals surface area contributed by atoms with E-state index >= 15 is 0 Å². The second-order valence-corrected chi connectivity index (χ2v) is 4.80. The van der Waals surface area contributed by atoms with E-state index in [1.807, 2.05) is 50.2 Å². The van der Waals surface area contributed by atoms with Crippen molar-refractivity contribution in [2.75, 3.05) is 0 Å². The van der Waals surface area contributed by atoms with E-state index in [4.69, 9.17) is 0 Å². The molecule has 0 unspecified atom stereocenters. The van der Waals surface area contributed by atoms with Crippen molar-refractivity contribution in [2.24, 2.45) is 0 Å². The van der Waals surface area contributed by atoms with Crippen LogP contribution in [-0.4, -0.2) is 15.6 Å². The van der Waals surface area contributed by atoms with Gasteiger partial charge in [0.2, 0.25) is 0 Å². The summed E-state index contributed by atoms with van der Waals surface area (Å²) in [6.45, 7) is 7.03. The second kappa shape index (κ2) is 5.78. The van der Waals surface area contributed by atoms with Crippen molar-refractivity contribution in [3.63, 3.8) is 0 Å². The third-order valence-corrected chi connectivity index (χ3v) is 3.54. The monoisotopic (exact) mass is 269 g/mol. The lowest BCUT2D eigenvalue weighted by Gasteiger charge is -2.05. The fourth-order valence-electron chi connectivity index (χ4n) is 2.50. The zero-order chi connectivity index (χ0) is 14.7. The molecule has 1 N–H and O–H groups in total. The molecular formula is C17H19NO2. The predicted octanol–water partition coefficient (Wildman–Crippen LogP) is 3.75. The summed E-state index contributed by atoms with van der Waals surface area (Å²) < 4.78 is 2.18. The highest BCUT2D eigenvalue weighted by Gasteiger charge is 2.13. The minimum absolute atomic E-state index is 0.321. The van der Waals surface area contributed by atoms with Gasteiger partial charge in [0.15, 0.2) is 0 Å². The lowest BCUT2D eigenvalue weighted by atomic mass is 10.0. The topological polar surface area (TPSA) is 42.2 Å². The van der Waals surface area contributed by atoms with E-state index in [0.717, 1.165) is 29.1 Å². The number of aliphatic carboxylic acids is 1. The van der Waals surface area contributed by atoms with Crippen molar-refractivity contribution in [2.45, 2.75) is 27.3 Å². The Labute approximate surface area is 119 Å². The Balaban J connectivity index is 2.53. The van der Waals surface area contributed by atoms with Gasteiger partial charge in [-0.15, -0.1) is 0 Å². The number of carbonyl (C=O) groups is 1. The largest absolute Gasteiger partial charge is 0.478 e. The lowest BCUT2D eigenvalue weighted by Crippen LogP contribution is -2.01. The fraction of sp³-hybridized carbons (Fsp3) is 0.235. The van der Waals surface area contributed by atoms with Gasteiger partial charge in [-0.25, -0.2) is 4.79 Å². The number of hydrogen-bond acceptors (Lipinski definition) is 1. The van der Waals surface area contributed by atoms with Gasteiger partial charge in [-0.05, 0) is 44.0 Å². The number of rotatable bonds is 4. The first-order chi connectivity index (χ1) is 9.54. The first kappa shape index (κ1) is 14.1. The van der Waals surface area contributed by atoms with Crippen molar-refractivity contribution in [1.82, 2.24) is 4.57 Å². The van der Waals surface area contributed by atoms with Gasteiger partial charge in [0.1, 0.15) is 0 Å². The van der Waals surface area contributed by atoms with Gasteiger partial charge in [-0.3, -0.25) is 0 Å². The van der Waals surface area contributed by atoms with Crippen molar-refractivity contribution in [3.8, 4) is 0 Å². The van der Waals surface area contributed by atoms with Crippen LogP contribution < -0.4 is 0 Å². The smallest absolute Gasteiger partial charge is 0.336 e. The molecule has 0 spiro atoms. The van der Waals surface area contributed by atoms with E-state index in [9.17, 15) is 9.90 Å². The number of carboxylic acids is 1. The zero-order valence-electron chi connectivity index (χ0n) is 12.1. The summed E-state index contributed by atoms with van der Waals surface area (Å²) in [6, 6.07) is 11.2. The molecule has 0 saturated carbocycles. The molecule has 1 heterocycles. The van der Waals surface area contributed by atoms with Crippen LogP contribution in [0.4, 0.5) is 0 Å². The summed E-state index contributed by atoms with van der Waals surface area (Å²) in [7, 11) is 0. The molecule has 1 aromatic carbocycles. The highest BCUT2D eigenvalue weighted by atomic mass is 16.4. The average molecular weight is 269 g/mol. The van der Waals surface area contributed by atoms with Crippen LogP contribution in [0.3, 0.4) is 0 Å². The van der Waals surface area contributed by atoms with Gasteiger partial charge in [-0.2, -0.15) is 0 Å². The fourth-order valence-corrected chi connectivity index (χ4v) is 2.50. The SMILES string of the molecule is CCn1c(C)cc(C=C(C(=O)O)c2ccccc2)c1C. The Kier molecular flexibility index (Phi) is 4.08. The number of benzene rings is 1. The Hall–Kier alpha value is -2.29. The molecule has 0 amide bonds. The van der Waals surface area contributed by atoms with Crippen LogP contribution in [-0.2, 0) is 11.3 Å². The molecule has 0 bridgehead atoms. The third kappa shape index (κ3) is 2.67. The van der Waals surface area contributed by atoms with Crippen LogP contribution in [0.15, 0.2) is 36.4 Å². The molecule has 0 aliphatic carbocycles. The molecular weight excluding hydrogens is 250 g/mol. The standard InChI is InChI=1S/C17H19NO2/c1-4-18-12(2)10-15(13(18)3)11-16(17(19)20)14-8-6-5-7-9-14/h5-11H,4H2,1-3H3,(H,19,20). The maximum atomic E-state index is 11.5. The molecule has 1 aromatic heterocycles. The maximum absolute atomic E-state index is 11.5. The maximum Gasteiger partial charge on any atom is 0.336 e. The average Bonchev–Trinajstić information content (AvgIpc) is 2.70. The molecule has 20 heavy (non-hydrogen) atoms. The van der Waals surface area contributed by atoms with Crippen LogP contribution in [0.5, 0.6) is 0 Å². The molecule has 2 aromatic rings. The molecule has 3 nitrogen and oxygen atoms in total. The molecule has 0 fully saturated rings. The van der Waals surface area contributed by atoms with E-state index in [-0.39, 0.29) is 0 Å². The molecule has 0 atom stereocenters. The Morgan fingerprint density at radius 1 is 1.25 bits per heavy atom. The molecule has 3 heteroatoms. The van der Waals surface area contributed by atoms with E-state index in [1.165, 1.54) is 0 Å². The normalized spacial score (nSPS) is 11.7. The first-order valence-electron chi connectivity index (χ1n) is 6.71. The molecule has 0 aliphatic heterocycles. The van der Waals surface area contributed by atoms with E-state index < -0.39 is 5.97 Å². The van der Waals surface area contributed by atoms with E-state index in [0.29, 0.717) is 5.57 Å². The molecule has 0 saturated heterocycles. The molecule has 0 aliphatic rings. The van der Waals surface area contributed by atoms with Crippen LogP contribution in [0.2, 0.25) is 0 Å². The molecule has 2 rings (SSSR count). The summed E-state index contributed by atoms with van der Waals surface area (Å²) in [5.41, 5.74) is 4.25. The van der Waals surface area contributed by atoms with Gasteiger partial charge in [0, 0.05) is 17.9 Å². The number of aromatic nitrogens is 1. The number of carboxylic acid groups (broad SMARTS) is 1. The third-order valence-electron chi connectivity index (χ3n) is 3.54. The Bertz CT molecular complexity index is 651. The highest BCUT2D eigenvalue weighted by Crippen LogP contribution is 2.23. The van der Waals surface area contributed by atoms with Gasteiger partial charge in [0.25, 0.3) is 0 Å². The van der Waals surface area contributed by atoms with E-state index in [2.05, 4.69) is 11.5 Å². The van der Waals surface area contributed by atoms with Crippen LogP contribution >= 0.6 is 0 Å². The van der Waals surface area contributed by atoms with Crippen LogP contribution in [0.25, 0.3) is 11.6 Å². The highest BCUT2D eigenvalue weighted by molar-refractivity contribution is 6.20. The van der Waals surface area contributed by atoms with Gasteiger partial charge in [-0.1, -0.05) is 30.3 Å². The Morgan fingerprint density at radius 2 is 1.90 bits per heavy atom. The molecule has 0 radical (unpaired) electrons. The van der Waals surface area contributed by atoms with Crippen molar-refractivity contribution >= 4 is 17.6 Å². The second-order valence-electron chi connectivity index (χ2n) is 4.80. The summed E-state index contributed by atoms with van der Waals surface area (Å²) >= 11 is 0. The minimum Gasteiger partial charge on any atom is -0.478 e. The lowest BCUT2D eigenvalue weighted by molar-refractivity contribution is -0.130. The van der Waals surface area contributed by atoms with Crippen molar-refractivity contribution < 1.29 is 9.90 Å². The van der Waals surface area contributed by atoms with E-state index in [1.54, 1.807) is 6.08 Å². The summed E-state index contributed by atoms with van der Waals surface area (Å²) in [6.07, 6.45) is 1.76. The summed E-state index contributed by atoms with van der Waals surface area (Å²) in [5, 5.41) is 9.44. The quantitative estimate of drug-likeness (QED) is 0.859. The molecule has 104 valence electrons. The first-order valence-corrected chi connectivity index (χ1v) is 6.71. The number of nitrogens with zero attached hydrogens (tertiary/aromatic N) is 1. The van der Waals surface area contributed by atoms with Crippen LogP contribution in [0.1, 0.15) is 29.4 Å². The Morgan fingerprint density at radius 3 is 2.40 bits per heavy atom. The summed E-state index contributed by atoms with van der Waals surface area (Å²) in [5.74, 6) is -0.905. The van der Waals surface area contributed by atoms with Gasteiger partial charge >= 0.3 is 5.97 Å². The number of aryl methyl sites for hydroxylation is 1. The van der Waals surface area contributed by atoms with Crippen molar-refractivity contribution in [3.05, 3.63) is 58.9 Å². The minimum atomic E-state index is -0.905. The van der Waals surface area contributed by atoms with Crippen molar-refractivity contribution in [1.29, 1.82) is 0 Å². The van der Waals surface area contributed by atoms with Crippen LogP contribution in [0, 0.1) is 13.8 Å². The number of hydrogen-bond donors (Lipinski definition) is 1. The summed E-state index contributed by atoms with van der Waals surface area (Å²) in [4.78, 5) is 11.5. The van der Waals surface area contributed by atoms with Gasteiger partial charge in [0.05, 0.1) is 5.57 Å². The van der Waals surface area contributed by atoms with Gasteiger partial charge < -0.3 is 9.67 Å².